The minimum atomic E-state index is -4.43. The SMILES string of the molecule is CC(=O)C(Cl)Cc1cc(C(F)(F)F)ccc1Cl. The van der Waals surface area contributed by atoms with Gasteiger partial charge in [-0.15, -0.1) is 11.6 Å². The average Bonchev–Trinajstić information content (AvgIpc) is 2.19. The Morgan fingerprint density at radius 1 is 1.41 bits per heavy atom. The molecule has 1 aromatic carbocycles. The van der Waals surface area contributed by atoms with E-state index in [1.54, 1.807) is 0 Å². The molecule has 0 saturated heterocycles. The van der Waals surface area contributed by atoms with Crippen LogP contribution in [0.25, 0.3) is 0 Å². The summed E-state index contributed by atoms with van der Waals surface area (Å²) in [5.74, 6) is -0.305. The molecule has 1 aromatic rings. The molecule has 94 valence electrons. The molecular weight excluding hydrogens is 276 g/mol. The highest BCUT2D eigenvalue weighted by Crippen LogP contribution is 2.32. The Balaban J connectivity index is 3.03. The van der Waals surface area contributed by atoms with E-state index in [0.717, 1.165) is 18.2 Å². The highest BCUT2D eigenvalue weighted by Gasteiger charge is 2.31. The number of carbonyl (C=O) groups excluding carboxylic acids is 1. The Labute approximate surface area is 107 Å². The van der Waals surface area contributed by atoms with Gasteiger partial charge in [-0.2, -0.15) is 13.2 Å². The number of rotatable bonds is 3. The first-order valence-corrected chi connectivity index (χ1v) is 5.53. The number of carbonyl (C=O) groups is 1. The average molecular weight is 285 g/mol. The van der Waals surface area contributed by atoms with Crippen LogP contribution in [0.1, 0.15) is 18.1 Å². The fourth-order valence-electron chi connectivity index (χ4n) is 1.24. The molecule has 0 spiro atoms. The lowest BCUT2D eigenvalue weighted by atomic mass is 10.0. The molecule has 0 fully saturated rings. The maximum absolute atomic E-state index is 12.5. The van der Waals surface area contributed by atoms with Crippen molar-refractivity contribution in [2.75, 3.05) is 0 Å². The summed E-state index contributed by atoms with van der Waals surface area (Å²) < 4.78 is 37.4. The Hall–Kier alpha value is -0.740. The van der Waals surface area contributed by atoms with Crippen LogP contribution in [-0.4, -0.2) is 11.2 Å². The van der Waals surface area contributed by atoms with Crippen LogP contribution in [0.4, 0.5) is 13.2 Å². The molecule has 0 aliphatic heterocycles. The van der Waals surface area contributed by atoms with Crippen molar-refractivity contribution in [3.8, 4) is 0 Å². The van der Waals surface area contributed by atoms with Crippen molar-refractivity contribution in [1.29, 1.82) is 0 Å². The van der Waals surface area contributed by atoms with Crippen LogP contribution in [0, 0.1) is 0 Å². The van der Waals surface area contributed by atoms with Crippen LogP contribution < -0.4 is 0 Å². The standard InChI is InChI=1S/C11H9Cl2F3O/c1-6(17)10(13)5-7-4-8(11(14,15)16)2-3-9(7)12/h2-4,10H,5H2,1H3. The first-order chi connectivity index (χ1) is 7.71. The predicted octanol–water partition coefficient (Wildman–Crippen LogP) is 4.10. The Bertz CT molecular complexity index is 429. The summed E-state index contributed by atoms with van der Waals surface area (Å²) in [6.07, 6.45) is -4.45. The van der Waals surface area contributed by atoms with Crippen molar-refractivity contribution in [2.24, 2.45) is 0 Å². The Morgan fingerprint density at radius 2 is 2.00 bits per heavy atom. The first kappa shape index (κ1) is 14.3. The highest BCUT2D eigenvalue weighted by atomic mass is 35.5. The highest BCUT2D eigenvalue weighted by molar-refractivity contribution is 6.32. The quantitative estimate of drug-likeness (QED) is 0.764. The third-order valence-electron chi connectivity index (χ3n) is 2.21. The zero-order valence-corrected chi connectivity index (χ0v) is 10.3. The number of alkyl halides is 4. The number of hydrogen-bond acceptors (Lipinski definition) is 1. The van der Waals surface area contributed by atoms with Gasteiger partial charge in [0.2, 0.25) is 0 Å². The summed E-state index contributed by atoms with van der Waals surface area (Å²) in [5.41, 5.74) is -0.582. The molecule has 0 N–H and O–H groups in total. The number of hydrogen-bond donors (Lipinski definition) is 0. The van der Waals surface area contributed by atoms with Gasteiger partial charge in [-0.3, -0.25) is 4.79 Å². The van der Waals surface area contributed by atoms with Crippen molar-refractivity contribution in [3.05, 3.63) is 34.3 Å². The zero-order chi connectivity index (χ0) is 13.2. The van der Waals surface area contributed by atoms with E-state index in [1.807, 2.05) is 0 Å². The normalized spacial score (nSPS) is 13.5. The number of halogens is 5. The molecule has 6 heteroatoms. The van der Waals surface area contributed by atoms with Gasteiger partial charge in [0.1, 0.15) is 5.78 Å². The Kier molecular flexibility index (Phi) is 4.44. The second kappa shape index (κ2) is 5.27. The van der Waals surface area contributed by atoms with Crippen molar-refractivity contribution in [1.82, 2.24) is 0 Å². The smallest absolute Gasteiger partial charge is 0.298 e. The maximum Gasteiger partial charge on any atom is 0.416 e. The fraction of sp³-hybridized carbons (Fsp3) is 0.364. The summed E-state index contributed by atoms with van der Waals surface area (Å²) in [6, 6.07) is 2.97. The molecule has 1 nitrogen and oxygen atoms in total. The van der Waals surface area contributed by atoms with Crippen LogP contribution >= 0.6 is 23.2 Å². The molecule has 0 saturated carbocycles. The molecule has 0 aromatic heterocycles. The summed E-state index contributed by atoms with van der Waals surface area (Å²) in [6.45, 7) is 1.28. The predicted molar refractivity (Wildman–Crippen MR) is 60.5 cm³/mol. The van der Waals surface area contributed by atoms with Gasteiger partial charge in [-0.25, -0.2) is 0 Å². The topological polar surface area (TPSA) is 17.1 Å². The maximum atomic E-state index is 12.5. The third kappa shape index (κ3) is 3.89. The van der Waals surface area contributed by atoms with E-state index < -0.39 is 17.1 Å². The van der Waals surface area contributed by atoms with E-state index in [1.165, 1.54) is 6.92 Å². The van der Waals surface area contributed by atoms with E-state index in [4.69, 9.17) is 23.2 Å². The molecule has 0 heterocycles. The van der Waals surface area contributed by atoms with E-state index in [2.05, 4.69) is 0 Å². The minimum Gasteiger partial charge on any atom is -0.298 e. The second-order valence-electron chi connectivity index (χ2n) is 3.59. The number of benzene rings is 1. The molecule has 1 atom stereocenters. The zero-order valence-electron chi connectivity index (χ0n) is 8.81. The molecule has 0 amide bonds. The minimum absolute atomic E-state index is 0.0142. The molecule has 17 heavy (non-hydrogen) atoms. The summed E-state index contributed by atoms with van der Waals surface area (Å²) in [5, 5.41) is -0.694. The fourth-order valence-corrected chi connectivity index (χ4v) is 1.61. The van der Waals surface area contributed by atoms with E-state index in [9.17, 15) is 18.0 Å². The van der Waals surface area contributed by atoms with Crippen molar-refractivity contribution >= 4 is 29.0 Å². The molecule has 1 rings (SSSR count). The lowest BCUT2D eigenvalue weighted by Gasteiger charge is -2.12. The van der Waals surface area contributed by atoms with E-state index >= 15 is 0 Å². The first-order valence-electron chi connectivity index (χ1n) is 4.72. The van der Waals surface area contributed by atoms with Gasteiger partial charge < -0.3 is 0 Å². The summed E-state index contributed by atoms with van der Waals surface area (Å²) >= 11 is 11.5. The Morgan fingerprint density at radius 3 is 2.47 bits per heavy atom. The second-order valence-corrected chi connectivity index (χ2v) is 4.52. The lowest BCUT2D eigenvalue weighted by molar-refractivity contribution is -0.137. The van der Waals surface area contributed by atoms with Gasteiger partial charge in [0.05, 0.1) is 10.9 Å². The molecule has 0 radical (unpaired) electrons. The van der Waals surface area contributed by atoms with Crippen LogP contribution in [0.5, 0.6) is 0 Å². The van der Waals surface area contributed by atoms with Crippen LogP contribution in [-0.2, 0) is 17.4 Å². The molecule has 0 aliphatic rings. The van der Waals surface area contributed by atoms with Crippen LogP contribution in [0.2, 0.25) is 5.02 Å². The van der Waals surface area contributed by atoms with E-state index in [0.29, 0.717) is 0 Å². The van der Waals surface area contributed by atoms with E-state index in [-0.39, 0.29) is 22.8 Å². The summed E-state index contributed by atoms with van der Waals surface area (Å²) in [7, 11) is 0. The number of ketones is 1. The van der Waals surface area contributed by atoms with Gasteiger partial charge in [0, 0.05) is 5.02 Å². The van der Waals surface area contributed by atoms with Gasteiger partial charge in [-0.1, -0.05) is 11.6 Å². The van der Waals surface area contributed by atoms with Gasteiger partial charge >= 0.3 is 6.18 Å². The van der Waals surface area contributed by atoms with Crippen molar-refractivity contribution in [2.45, 2.75) is 24.9 Å². The monoisotopic (exact) mass is 284 g/mol. The van der Waals surface area contributed by atoms with Crippen molar-refractivity contribution in [3.63, 3.8) is 0 Å². The number of Topliss-reactive ketones (excluding diaryl/α,β-unsaturated/α-hetero) is 1. The van der Waals surface area contributed by atoms with Crippen molar-refractivity contribution < 1.29 is 18.0 Å². The molecule has 0 aliphatic carbocycles. The lowest BCUT2D eigenvalue weighted by Crippen LogP contribution is -2.14. The molecule has 1 unspecified atom stereocenters. The molecule has 0 bridgehead atoms. The molecular formula is C11H9Cl2F3O. The third-order valence-corrected chi connectivity index (χ3v) is 3.04. The van der Waals surface area contributed by atoms with Crippen LogP contribution in [0.15, 0.2) is 18.2 Å². The van der Waals surface area contributed by atoms with Gasteiger partial charge in [0.25, 0.3) is 0 Å². The van der Waals surface area contributed by atoms with Gasteiger partial charge in [0.15, 0.2) is 0 Å². The largest absolute Gasteiger partial charge is 0.416 e. The van der Waals surface area contributed by atoms with Crippen LogP contribution in [0.3, 0.4) is 0 Å². The summed E-state index contributed by atoms with van der Waals surface area (Å²) in [4.78, 5) is 10.9. The van der Waals surface area contributed by atoms with Gasteiger partial charge in [-0.05, 0) is 37.1 Å².